The lowest BCUT2D eigenvalue weighted by molar-refractivity contribution is -0.126. The fraction of sp³-hybridized carbons (Fsp3) is 0.0968. The second-order valence-corrected chi connectivity index (χ2v) is 8.95. The van der Waals surface area contributed by atoms with Gasteiger partial charge in [-0.05, 0) is 47.0 Å². The topological polar surface area (TPSA) is 106 Å². The summed E-state index contributed by atoms with van der Waals surface area (Å²) in [7, 11) is 1.44. The van der Waals surface area contributed by atoms with Crippen molar-refractivity contribution >= 4 is 35.6 Å². The average Bonchev–Trinajstić information content (AvgIpc) is 2.98. The maximum Gasteiger partial charge on any atom is 0.345 e. The molecule has 0 spiro atoms. The zero-order valence-electron chi connectivity index (χ0n) is 21.5. The fourth-order valence-corrected chi connectivity index (χ4v) is 4.12. The number of hydrazone groups is 1. The minimum absolute atomic E-state index is 0.197. The molecule has 0 bridgehead atoms. The molecule has 0 saturated heterocycles. The van der Waals surface area contributed by atoms with Crippen molar-refractivity contribution in [2.45, 2.75) is 5.92 Å². The Morgan fingerprint density at radius 3 is 2.10 bits per heavy atom. The van der Waals surface area contributed by atoms with Crippen molar-refractivity contribution in [1.29, 1.82) is 0 Å². The molecule has 0 aliphatic rings. The maximum atomic E-state index is 13.0. The van der Waals surface area contributed by atoms with Gasteiger partial charge < -0.3 is 14.8 Å². The molecule has 0 fully saturated rings. The van der Waals surface area contributed by atoms with Crippen LogP contribution in [0.5, 0.6) is 11.5 Å². The lowest BCUT2D eigenvalue weighted by Gasteiger charge is -2.17. The van der Waals surface area contributed by atoms with Gasteiger partial charge in [0.05, 0.1) is 36.4 Å². The lowest BCUT2D eigenvalue weighted by Crippen LogP contribution is -2.37. The van der Waals surface area contributed by atoms with E-state index >= 15 is 0 Å². The standard InChI is InChI=1S/C31H26ClN3O5/c1-39-27-18-21(16-17-26(27)40-31(38)24-14-8-9-15-25(24)32)19-34-35-28(36)20-33-30(37)29(22-10-4-2-5-11-22)23-12-6-3-7-13-23/h2-19,29H,20H2,1H3,(H,33,37)(H,35,36)/b34-19+. The van der Waals surface area contributed by atoms with E-state index in [9.17, 15) is 14.4 Å². The van der Waals surface area contributed by atoms with E-state index in [4.69, 9.17) is 21.1 Å². The van der Waals surface area contributed by atoms with Crippen molar-refractivity contribution < 1.29 is 23.9 Å². The van der Waals surface area contributed by atoms with E-state index in [2.05, 4.69) is 15.8 Å². The van der Waals surface area contributed by atoms with Crippen molar-refractivity contribution in [2.24, 2.45) is 5.10 Å². The van der Waals surface area contributed by atoms with Gasteiger partial charge in [0.2, 0.25) is 5.91 Å². The Kier molecular flexibility index (Phi) is 9.63. The van der Waals surface area contributed by atoms with E-state index < -0.39 is 17.8 Å². The molecule has 8 nitrogen and oxygen atoms in total. The summed E-state index contributed by atoms with van der Waals surface area (Å²) in [6, 6.07) is 30.1. The number of rotatable bonds is 10. The number of amides is 2. The molecule has 0 aliphatic heterocycles. The molecule has 0 atom stereocenters. The molecule has 0 heterocycles. The van der Waals surface area contributed by atoms with Crippen LogP contribution < -0.4 is 20.2 Å². The molecule has 4 rings (SSSR count). The maximum absolute atomic E-state index is 13.0. The number of hydrogen-bond donors (Lipinski definition) is 2. The summed E-state index contributed by atoms with van der Waals surface area (Å²) in [6.45, 7) is -0.257. The van der Waals surface area contributed by atoms with Crippen LogP contribution in [-0.4, -0.2) is 37.7 Å². The van der Waals surface area contributed by atoms with Crippen LogP contribution in [0.25, 0.3) is 0 Å². The van der Waals surface area contributed by atoms with Gasteiger partial charge in [-0.3, -0.25) is 9.59 Å². The highest BCUT2D eigenvalue weighted by molar-refractivity contribution is 6.33. The van der Waals surface area contributed by atoms with Gasteiger partial charge in [-0.25, -0.2) is 10.2 Å². The highest BCUT2D eigenvalue weighted by Gasteiger charge is 2.22. The van der Waals surface area contributed by atoms with Crippen molar-refractivity contribution in [3.8, 4) is 11.5 Å². The third-order valence-corrected chi connectivity index (χ3v) is 6.17. The summed E-state index contributed by atoms with van der Waals surface area (Å²) in [5, 5.41) is 6.91. The fourth-order valence-electron chi connectivity index (χ4n) is 3.90. The minimum atomic E-state index is -0.624. The molecule has 2 N–H and O–H groups in total. The van der Waals surface area contributed by atoms with Gasteiger partial charge in [-0.15, -0.1) is 0 Å². The van der Waals surface area contributed by atoms with Crippen molar-refractivity contribution in [3.05, 3.63) is 130 Å². The second-order valence-electron chi connectivity index (χ2n) is 8.55. The largest absolute Gasteiger partial charge is 0.493 e. The monoisotopic (exact) mass is 555 g/mol. The summed E-state index contributed by atoms with van der Waals surface area (Å²) in [4.78, 5) is 37.9. The van der Waals surface area contributed by atoms with Gasteiger partial charge in [0, 0.05) is 0 Å². The van der Waals surface area contributed by atoms with Gasteiger partial charge in [0.25, 0.3) is 5.91 Å². The van der Waals surface area contributed by atoms with Crippen molar-refractivity contribution in [3.63, 3.8) is 0 Å². The van der Waals surface area contributed by atoms with E-state index in [1.54, 1.807) is 42.5 Å². The highest BCUT2D eigenvalue weighted by atomic mass is 35.5. The number of carbonyl (C=O) groups is 3. The molecule has 40 heavy (non-hydrogen) atoms. The normalized spacial score (nSPS) is 10.8. The van der Waals surface area contributed by atoms with E-state index in [1.165, 1.54) is 13.3 Å². The first-order valence-electron chi connectivity index (χ1n) is 12.3. The summed E-state index contributed by atoms with van der Waals surface area (Å²) in [5.74, 6) is -1.50. The first kappa shape index (κ1) is 28.1. The van der Waals surface area contributed by atoms with Crippen LogP contribution in [0.1, 0.15) is 33.0 Å². The Hall–Kier alpha value is -4.95. The molecule has 4 aromatic carbocycles. The van der Waals surface area contributed by atoms with Gasteiger partial charge >= 0.3 is 5.97 Å². The lowest BCUT2D eigenvalue weighted by atomic mass is 9.90. The zero-order chi connectivity index (χ0) is 28.3. The zero-order valence-corrected chi connectivity index (χ0v) is 22.3. The van der Waals surface area contributed by atoms with Crippen LogP contribution in [0.2, 0.25) is 5.02 Å². The number of esters is 1. The van der Waals surface area contributed by atoms with Gasteiger partial charge in [0.1, 0.15) is 0 Å². The number of nitrogens with one attached hydrogen (secondary N) is 2. The Balaban J connectivity index is 1.34. The molecule has 0 aliphatic carbocycles. The highest BCUT2D eigenvalue weighted by Crippen LogP contribution is 2.29. The van der Waals surface area contributed by atoms with Crippen molar-refractivity contribution in [1.82, 2.24) is 10.7 Å². The second kappa shape index (κ2) is 13.7. The third-order valence-electron chi connectivity index (χ3n) is 5.84. The van der Waals surface area contributed by atoms with E-state index in [0.717, 1.165) is 11.1 Å². The van der Waals surface area contributed by atoms with E-state index in [-0.39, 0.29) is 34.5 Å². The Bertz CT molecular complexity index is 1470. The molecule has 0 saturated carbocycles. The summed E-state index contributed by atoms with van der Waals surface area (Å²) >= 11 is 6.07. The van der Waals surface area contributed by atoms with E-state index in [1.807, 2.05) is 60.7 Å². The first-order valence-corrected chi connectivity index (χ1v) is 12.7. The molecule has 0 unspecified atom stereocenters. The smallest absolute Gasteiger partial charge is 0.345 e. The summed E-state index contributed by atoms with van der Waals surface area (Å²) < 4.78 is 10.8. The van der Waals surface area contributed by atoms with Crippen molar-refractivity contribution in [2.75, 3.05) is 13.7 Å². The van der Waals surface area contributed by atoms with Crippen LogP contribution in [0.4, 0.5) is 0 Å². The molecule has 0 radical (unpaired) electrons. The Morgan fingerprint density at radius 2 is 1.48 bits per heavy atom. The predicted octanol–water partition coefficient (Wildman–Crippen LogP) is 4.97. The quantitative estimate of drug-likeness (QED) is 0.124. The molecular weight excluding hydrogens is 530 g/mol. The summed E-state index contributed by atoms with van der Waals surface area (Å²) in [5.41, 5.74) is 4.83. The molecule has 9 heteroatoms. The van der Waals surface area contributed by atoms with Crippen LogP contribution in [0.3, 0.4) is 0 Å². The van der Waals surface area contributed by atoms with Gasteiger partial charge in [-0.2, -0.15) is 5.10 Å². The SMILES string of the molecule is COc1cc(/C=N/NC(=O)CNC(=O)C(c2ccccc2)c2ccccc2)ccc1OC(=O)c1ccccc1Cl. The number of halogens is 1. The summed E-state index contributed by atoms with van der Waals surface area (Å²) in [6.07, 6.45) is 1.40. The number of nitrogens with zero attached hydrogens (tertiary/aromatic N) is 1. The number of ether oxygens (including phenoxy) is 2. The van der Waals surface area contributed by atoms with Gasteiger partial charge in [0.15, 0.2) is 11.5 Å². The van der Waals surface area contributed by atoms with E-state index in [0.29, 0.717) is 5.56 Å². The number of carbonyl (C=O) groups excluding carboxylic acids is 3. The molecule has 202 valence electrons. The average molecular weight is 556 g/mol. The van der Waals surface area contributed by atoms with Gasteiger partial charge in [-0.1, -0.05) is 84.4 Å². The number of hydrogen-bond acceptors (Lipinski definition) is 6. The van der Waals surface area contributed by atoms with Crippen LogP contribution in [0, 0.1) is 0 Å². The molecule has 2 amide bonds. The van der Waals surface area contributed by atoms with Crippen LogP contribution >= 0.6 is 11.6 Å². The number of benzene rings is 4. The minimum Gasteiger partial charge on any atom is -0.493 e. The predicted molar refractivity (Wildman–Crippen MR) is 153 cm³/mol. The first-order chi connectivity index (χ1) is 19.5. The molecule has 4 aromatic rings. The number of methoxy groups -OCH3 is 1. The molecular formula is C31H26ClN3O5. The Morgan fingerprint density at radius 1 is 0.850 bits per heavy atom. The van der Waals surface area contributed by atoms with Crippen LogP contribution in [-0.2, 0) is 9.59 Å². The van der Waals surface area contributed by atoms with Crippen LogP contribution in [0.15, 0.2) is 108 Å². The third kappa shape index (κ3) is 7.33. The Labute approximate surface area is 236 Å². The molecule has 0 aromatic heterocycles.